The molecule has 3 atom stereocenters. The molecule has 6 aliphatic rings. The van der Waals surface area contributed by atoms with Crippen molar-refractivity contribution < 1.29 is 29.0 Å². The number of phenolic OH excluding ortho intramolecular Hbond substituents is 1. The number of ether oxygens (including phenoxy) is 2. The van der Waals surface area contributed by atoms with Crippen LogP contribution in [-0.4, -0.2) is 139 Å². The Hall–Kier alpha value is -6.29. The maximum Gasteiger partial charge on any atom is 0.319 e. The van der Waals surface area contributed by atoms with Gasteiger partial charge in [-0.25, -0.2) is 4.79 Å². The van der Waals surface area contributed by atoms with E-state index in [2.05, 4.69) is 71.5 Å². The summed E-state index contributed by atoms with van der Waals surface area (Å²) in [7, 11) is 1.95. The molecule has 16 nitrogen and oxygen atoms in total. The van der Waals surface area contributed by atoms with Crippen LogP contribution in [0, 0.1) is 0 Å². The highest BCUT2D eigenvalue weighted by molar-refractivity contribution is 6.02. The first-order chi connectivity index (χ1) is 30.7. The van der Waals surface area contributed by atoms with Gasteiger partial charge in [0, 0.05) is 112 Å². The van der Waals surface area contributed by atoms with Gasteiger partial charge in [-0.2, -0.15) is 0 Å². The molecule has 0 aliphatic carbocycles. The van der Waals surface area contributed by atoms with Gasteiger partial charge in [-0.05, 0) is 68.1 Å². The SMILES string of the molecule is CN(C(=O)N1CCC(Oc2cccc(N3[C@@H]4COC[C@H]3CN(c3cc(-c5ccccc5O)nnc3N)C4)c2)CC1)C1CCN(c2cccc3c2CCN3C2CCC(=O)NC2=O)CC1. The monoisotopic (exact) mass is 856 g/mol. The van der Waals surface area contributed by atoms with Crippen molar-refractivity contribution in [2.24, 2.45) is 0 Å². The molecule has 16 heteroatoms. The number of anilines is 5. The summed E-state index contributed by atoms with van der Waals surface area (Å²) in [6.07, 6.45) is 5.10. The van der Waals surface area contributed by atoms with E-state index in [0.29, 0.717) is 69.3 Å². The van der Waals surface area contributed by atoms with Gasteiger partial charge in [-0.3, -0.25) is 14.9 Å². The molecule has 0 saturated carbocycles. The van der Waals surface area contributed by atoms with Crippen molar-refractivity contribution in [3.8, 4) is 22.8 Å². The van der Waals surface area contributed by atoms with Crippen LogP contribution in [0.15, 0.2) is 72.8 Å². The Morgan fingerprint density at radius 1 is 0.825 bits per heavy atom. The largest absolute Gasteiger partial charge is 0.507 e. The van der Waals surface area contributed by atoms with Crippen LogP contribution in [0.3, 0.4) is 0 Å². The molecular formula is C47H56N10O6. The number of nitrogens with one attached hydrogen (secondary N) is 1. The average Bonchev–Trinajstić information content (AvgIpc) is 3.73. The van der Waals surface area contributed by atoms with E-state index < -0.39 is 0 Å². The molecule has 6 aliphatic heterocycles. The van der Waals surface area contributed by atoms with Crippen molar-refractivity contribution in [2.75, 3.05) is 91.4 Å². The summed E-state index contributed by atoms with van der Waals surface area (Å²) in [6, 6.07) is 23.8. The van der Waals surface area contributed by atoms with Gasteiger partial charge in [0.1, 0.15) is 23.6 Å². The number of benzene rings is 3. The number of nitrogen functional groups attached to an aromatic ring is 1. The maximum atomic E-state index is 13.8. The molecule has 0 radical (unpaired) electrons. The Kier molecular flexibility index (Phi) is 11.1. The van der Waals surface area contributed by atoms with E-state index in [1.54, 1.807) is 12.1 Å². The van der Waals surface area contributed by atoms with E-state index in [9.17, 15) is 19.5 Å². The number of likely N-dealkylation sites (tertiary alicyclic amines) is 1. The van der Waals surface area contributed by atoms with Crippen molar-refractivity contribution in [2.45, 2.75) is 75.2 Å². The zero-order chi connectivity index (χ0) is 43.2. The quantitative estimate of drug-likeness (QED) is 0.215. The lowest BCUT2D eigenvalue weighted by Gasteiger charge is -2.51. The van der Waals surface area contributed by atoms with Gasteiger partial charge in [-0.1, -0.05) is 24.3 Å². The fourth-order valence-corrected chi connectivity index (χ4v) is 10.7. The highest BCUT2D eigenvalue weighted by Crippen LogP contribution is 2.40. The molecular weight excluding hydrogens is 801 g/mol. The van der Waals surface area contributed by atoms with Crippen molar-refractivity contribution in [3.63, 3.8) is 0 Å². The summed E-state index contributed by atoms with van der Waals surface area (Å²) < 4.78 is 12.7. The van der Waals surface area contributed by atoms with Crippen molar-refractivity contribution in [1.29, 1.82) is 0 Å². The van der Waals surface area contributed by atoms with Gasteiger partial charge in [-0.15, -0.1) is 10.2 Å². The third-order valence-electron chi connectivity index (χ3n) is 14.0. The molecule has 1 aromatic heterocycles. The molecule has 1 unspecified atom stereocenters. The highest BCUT2D eigenvalue weighted by atomic mass is 16.5. The molecule has 0 spiro atoms. The molecule has 4 amide bonds. The zero-order valence-corrected chi connectivity index (χ0v) is 35.8. The van der Waals surface area contributed by atoms with E-state index in [1.165, 1.54) is 11.3 Å². The molecule has 7 heterocycles. The van der Waals surface area contributed by atoms with E-state index >= 15 is 0 Å². The normalized spacial score (nSPS) is 23.1. The second kappa shape index (κ2) is 17.1. The number of morpholine rings is 1. The number of nitrogens with zero attached hydrogens (tertiary/aromatic N) is 8. The first-order valence-corrected chi connectivity index (χ1v) is 22.5. The third-order valence-corrected chi connectivity index (χ3v) is 14.0. The number of hydrogen-bond donors (Lipinski definition) is 3. The molecule has 4 N–H and O–H groups in total. The number of amides is 4. The van der Waals surface area contributed by atoms with Crippen molar-refractivity contribution >= 4 is 46.4 Å². The van der Waals surface area contributed by atoms with Crippen molar-refractivity contribution in [3.05, 3.63) is 78.4 Å². The lowest BCUT2D eigenvalue weighted by Crippen LogP contribution is -2.65. The molecule has 4 aromatic rings. The summed E-state index contributed by atoms with van der Waals surface area (Å²) in [5, 5.41) is 21.5. The second-order valence-electron chi connectivity index (χ2n) is 17.8. The number of nitrogens with two attached hydrogens (primary N) is 1. The summed E-state index contributed by atoms with van der Waals surface area (Å²) in [5.74, 6) is 0.933. The Labute approximate surface area is 367 Å². The number of rotatable bonds is 8. The number of carbonyl (C=O) groups is 3. The van der Waals surface area contributed by atoms with E-state index in [1.807, 2.05) is 41.1 Å². The van der Waals surface area contributed by atoms with Gasteiger partial charge >= 0.3 is 6.03 Å². The second-order valence-corrected chi connectivity index (χ2v) is 17.8. The number of imide groups is 1. The number of aromatic nitrogens is 2. The lowest BCUT2D eigenvalue weighted by atomic mass is 10.0. The number of fused-ring (bicyclic) bond motifs is 3. The smallest absolute Gasteiger partial charge is 0.319 e. The standard InChI is InChI=1S/C47H56N10O6/c1-52(30-14-19-53(20-15-30)39-9-5-10-40-37(39)18-23-56(40)41-12-13-44(59)49-46(41)60)47(61)54-21-16-34(17-22-54)63-35-7-4-6-31(24-35)57-32-26-55(27-33(57)29-62-28-32)42-25-38(50-51-45(42)48)36-8-2-3-11-43(36)58/h2-11,24-25,30,32-34,41,58H,12-23,26-29H2,1H3,(H2,48,51)(H,49,59,60)/t32-,33+,41?. The molecule has 3 aromatic carbocycles. The van der Waals surface area contributed by atoms with Gasteiger partial charge in [0.15, 0.2) is 5.82 Å². The molecule has 63 heavy (non-hydrogen) atoms. The maximum absolute atomic E-state index is 13.8. The summed E-state index contributed by atoms with van der Waals surface area (Å²) in [4.78, 5) is 51.5. The van der Waals surface area contributed by atoms with E-state index in [-0.39, 0.29) is 53.9 Å². The summed E-state index contributed by atoms with van der Waals surface area (Å²) >= 11 is 0. The highest BCUT2D eigenvalue weighted by Gasteiger charge is 2.40. The van der Waals surface area contributed by atoms with Crippen LogP contribution in [0.5, 0.6) is 11.5 Å². The van der Waals surface area contributed by atoms with Gasteiger partial charge in [0.2, 0.25) is 11.8 Å². The van der Waals surface area contributed by atoms with Crippen LogP contribution in [0.25, 0.3) is 11.3 Å². The van der Waals surface area contributed by atoms with Gasteiger partial charge in [0.05, 0.1) is 36.7 Å². The number of piperidine rings is 3. The van der Waals surface area contributed by atoms with Crippen LogP contribution in [0.4, 0.5) is 33.4 Å². The van der Waals surface area contributed by atoms with Crippen LogP contribution >= 0.6 is 0 Å². The zero-order valence-electron chi connectivity index (χ0n) is 35.8. The van der Waals surface area contributed by atoms with E-state index in [0.717, 1.165) is 74.6 Å². The van der Waals surface area contributed by atoms with Crippen LogP contribution in [0.1, 0.15) is 44.1 Å². The fraction of sp³-hybridized carbons (Fsp3) is 0.468. The molecule has 330 valence electrons. The minimum Gasteiger partial charge on any atom is -0.507 e. The first-order valence-electron chi connectivity index (χ1n) is 22.5. The van der Waals surface area contributed by atoms with E-state index in [4.69, 9.17) is 15.2 Å². The minimum atomic E-state index is -0.311. The minimum absolute atomic E-state index is 0.0106. The number of aromatic hydroxyl groups is 1. The van der Waals surface area contributed by atoms with Gasteiger partial charge in [0.25, 0.3) is 0 Å². The van der Waals surface area contributed by atoms with Crippen LogP contribution in [-0.2, 0) is 20.7 Å². The van der Waals surface area contributed by atoms with Gasteiger partial charge < -0.3 is 49.7 Å². The fourth-order valence-electron chi connectivity index (χ4n) is 10.7. The summed E-state index contributed by atoms with van der Waals surface area (Å²) in [6.45, 7) is 6.28. The Morgan fingerprint density at radius 3 is 2.33 bits per heavy atom. The number of piperazine rings is 1. The third kappa shape index (κ3) is 8.00. The van der Waals surface area contributed by atoms with Crippen molar-refractivity contribution in [1.82, 2.24) is 25.3 Å². The topological polar surface area (TPSA) is 173 Å². The first kappa shape index (κ1) is 40.8. The number of para-hydroxylation sites is 1. The Morgan fingerprint density at radius 2 is 1.57 bits per heavy atom. The lowest BCUT2D eigenvalue weighted by molar-refractivity contribution is -0.134. The number of hydrogen-bond acceptors (Lipinski definition) is 13. The number of phenols is 1. The van der Waals surface area contributed by atoms with Crippen LogP contribution in [0.2, 0.25) is 0 Å². The average molecular weight is 857 g/mol. The number of urea groups is 1. The molecule has 5 fully saturated rings. The summed E-state index contributed by atoms with van der Waals surface area (Å²) in [5.41, 5.74) is 13.0. The molecule has 10 rings (SSSR count). The number of carbonyl (C=O) groups excluding carboxylic acids is 3. The Balaban J connectivity index is 0.719. The molecule has 2 bridgehead atoms. The molecule has 5 saturated heterocycles. The van der Waals surface area contributed by atoms with Crippen LogP contribution < -0.4 is 35.4 Å². The predicted molar refractivity (Wildman–Crippen MR) is 240 cm³/mol. The predicted octanol–water partition coefficient (Wildman–Crippen LogP) is 4.26. The Bertz CT molecular complexity index is 2350.